The monoisotopic (exact) mass is 308 g/mol. The summed E-state index contributed by atoms with van der Waals surface area (Å²) in [4.78, 5) is 4.34. The molecule has 3 aromatic rings. The van der Waals surface area contributed by atoms with E-state index in [9.17, 15) is 8.78 Å². The summed E-state index contributed by atoms with van der Waals surface area (Å²) in [6.07, 6.45) is 0. The Bertz CT molecular complexity index is 817. The third-order valence-corrected chi connectivity index (χ3v) is 3.46. The Labute approximate surface area is 124 Å². The van der Waals surface area contributed by atoms with Gasteiger partial charge in [-0.3, -0.25) is 4.57 Å². The van der Waals surface area contributed by atoms with Crippen LogP contribution in [-0.2, 0) is 5.88 Å². The lowest BCUT2D eigenvalue weighted by atomic mass is 10.2. The lowest BCUT2D eigenvalue weighted by Gasteiger charge is -2.10. The van der Waals surface area contributed by atoms with E-state index in [1.54, 1.807) is 18.2 Å². The van der Waals surface area contributed by atoms with Gasteiger partial charge in [0, 0.05) is 6.07 Å². The van der Waals surface area contributed by atoms with Crippen LogP contribution in [0.2, 0.25) is 0 Å². The van der Waals surface area contributed by atoms with Crippen molar-refractivity contribution in [1.82, 2.24) is 9.55 Å². The first kappa shape index (κ1) is 13.8. The van der Waals surface area contributed by atoms with Crippen LogP contribution in [0, 0.1) is 11.6 Å². The smallest absolute Gasteiger partial charge is 0.182 e. The number of imidazole rings is 1. The van der Waals surface area contributed by atoms with Gasteiger partial charge in [-0.05, 0) is 24.3 Å². The molecule has 3 nitrogen and oxygen atoms in total. The second kappa shape index (κ2) is 5.33. The second-order valence-corrected chi connectivity index (χ2v) is 4.69. The van der Waals surface area contributed by atoms with Gasteiger partial charge in [0.1, 0.15) is 11.6 Å². The number of aromatic nitrogens is 2. The molecular weight excluding hydrogens is 298 g/mol. The number of ether oxygens (including phenoxy) is 1. The van der Waals surface area contributed by atoms with Crippen LogP contribution in [-0.4, -0.2) is 16.7 Å². The van der Waals surface area contributed by atoms with Gasteiger partial charge in [0.25, 0.3) is 0 Å². The van der Waals surface area contributed by atoms with Crippen molar-refractivity contribution in [2.45, 2.75) is 5.88 Å². The van der Waals surface area contributed by atoms with Gasteiger partial charge >= 0.3 is 0 Å². The number of fused-ring (bicyclic) bond motifs is 1. The Morgan fingerprint density at radius 1 is 1.24 bits per heavy atom. The van der Waals surface area contributed by atoms with E-state index in [1.165, 1.54) is 23.8 Å². The van der Waals surface area contributed by atoms with Crippen molar-refractivity contribution >= 4 is 22.6 Å². The molecule has 108 valence electrons. The average Bonchev–Trinajstić information content (AvgIpc) is 2.87. The molecule has 0 radical (unpaired) electrons. The topological polar surface area (TPSA) is 27.1 Å². The van der Waals surface area contributed by atoms with Crippen molar-refractivity contribution < 1.29 is 13.5 Å². The fourth-order valence-electron chi connectivity index (χ4n) is 2.26. The molecule has 0 bridgehead atoms. The van der Waals surface area contributed by atoms with Gasteiger partial charge in [-0.2, -0.15) is 0 Å². The minimum atomic E-state index is -0.939. The molecule has 0 unspecified atom stereocenters. The highest BCUT2D eigenvalue weighted by molar-refractivity contribution is 6.17. The van der Waals surface area contributed by atoms with Gasteiger partial charge in [0.15, 0.2) is 11.6 Å². The molecule has 1 heterocycles. The normalized spacial score (nSPS) is 11.0. The molecule has 0 spiro atoms. The molecule has 2 aromatic carbocycles. The zero-order chi connectivity index (χ0) is 15.0. The van der Waals surface area contributed by atoms with Crippen molar-refractivity contribution in [1.29, 1.82) is 0 Å². The third-order valence-electron chi connectivity index (χ3n) is 3.22. The first-order valence-electron chi connectivity index (χ1n) is 6.21. The summed E-state index contributed by atoms with van der Waals surface area (Å²) in [6, 6.07) is 9.20. The van der Waals surface area contributed by atoms with E-state index in [0.29, 0.717) is 22.6 Å². The number of nitrogens with zero attached hydrogens (tertiary/aromatic N) is 2. The summed E-state index contributed by atoms with van der Waals surface area (Å²) in [5, 5.41) is 0. The number of rotatable bonds is 3. The highest BCUT2D eigenvalue weighted by Crippen LogP contribution is 2.28. The highest BCUT2D eigenvalue weighted by Gasteiger charge is 2.17. The van der Waals surface area contributed by atoms with Crippen molar-refractivity contribution in [2.24, 2.45) is 0 Å². The Kier molecular flexibility index (Phi) is 3.51. The fourth-order valence-corrected chi connectivity index (χ4v) is 2.43. The highest BCUT2D eigenvalue weighted by atomic mass is 35.5. The molecule has 0 amide bonds. The van der Waals surface area contributed by atoms with Crippen molar-refractivity contribution in [3.05, 3.63) is 53.9 Å². The number of hydrogen-bond acceptors (Lipinski definition) is 2. The average molecular weight is 309 g/mol. The van der Waals surface area contributed by atoms with Gasteiger partial charge in [-0.15, -0.1) is 11.6 Å². The number of halogens is 3. The minimum absolute atomic E-state index is 0.0707. The van der Waals surface area contributed by atoms with E-state index in [-0.39, 0.29) is 11.6 Å². The predicted molar refractivity (Wildman–Crippen MR) is 77.1 cm³/mol. The van der Waals surface area contributed by atoms with Crippen molar-refractivity contribution in [3.8, 4) is 11.4 Å². The van der Waals surface area contributed by atoms with Crippen LogP contribution in [0.1, 0.15) is 5.82 Å². The van der Waals surface area contributed by atoms with Gasteiger partial charge in [0.05, 0.1) is 29.7 Å². The quantitative estimate of drug-likeness (QED) is 0.683. The van der Waals surface area contributed by atoms with Crippen molar-refractivity contribution in [2.75, 3.05) is 7.11 Å². The summed E-state index contributed by atoms with van der Waals surface area (Å²) >= 11 is 5.89. The first-order chi connectivity index (χ1) is 10.2. The van der Waals surface area contributed by atoms with Gasteiger partial charge in [0.2, 0.25) is 0 Å². The summed E-state index contributed by atoms with van der Waals surface area (Å²) in [6.45, 7) is 0. The van der Waals surface area contributed by atoms with E-state index in [4.69, 9.17) is 16.3 Å². The van der Waals surface area contributed by atoms with E-state index in [0.717, 1.165) is 6.07 Å². The third kappa shape index (κ3) is 2.23. The fraction of sp³-hybridized carbons (Fsp3) is 0.133. The summed E-state index contributed by atoms with van der Waals surface area (Å²) < 4.78 is 34.3. The van der Waals surface area contributed by atoms with Gasteiger partial charge in [-0.25, -0.2) is 13.8 Å². The van der Waals surface area contributed by atoms with E-state index >= 15 is 0 Å². The Balaban J connectivity index is 2.36. The maximum Gasteiger partial charge on any atom is 0.182 e. The van der Waals surface area contributed by atoms with E-state index in [1.807, 2.05) is 0 Å². The van der Waals surface area contributed by atoms with Crippen LogP contribution in [0.5, 0.6) is 5.75 Å². The maximum atomic E-state index is 14.1. The van der Waals surface area contributed by atoms with Crippen LogP contribution in [0.25, 0.3) is 16.7 Å². The molecule has 0 saturated carbocycles. The molecule has 0 aliphatic carbocycles. The maximum absolute atomic E-state index is 14.1. The van der Waals surface area contributed by atoms with Crippen LogP contribution in [0.15, 0.2) is 36.4 Å². The second-order valence-electron chi connectivity index (χ2n) is 4.42. The molecule has 0 atom stereocenters. The summed E-state index contributed by atoms with van der Waals surface area (Å²) in [5.41, 5.74) is 1.31. The van der Waals surface area contributed by atoms with Crippen LogP contribution < -0.4 is 4.74 Å². The molecule has 0 aliphatic rings. The molecule has 0 saturated heterocycles. The minimum Gasteiger partial charge on any atom is -0.497 e. The molecule has 0 fully saturated rings. The lowest BCUT2D eigenvalue weighted by Crippen LogP contribution is -2.03. The van der Waals surface area contributed by atoms with Crippen LogP contribution in [0.4, 0.5) is 8.78 Å². The molecular formula is C15H11ClF2N2O. The molecule has 1 aromatic heterocycles. The molecule has 6 heteroatoms. The molecule has 0 N–H and O–H groups in total. The predicted octanol–water partition coefficient (Wildman–Crippen LogP) is 4.05. The standard InChI is InChI=1S/C15H11ClF2N2O/c1-21-9-5-6-11-13(7-9)20(14(8-16)19-11)12-4-2-3-10(17)15(12)18/h2-7H,8H2,1H3. The molecule has 3 rings (SSSR count). The number of methoxy groups -OCH3 is 1. The Morgan fingerprint density at radius 3 is 2.76 bits per heavy atom. The molecule has 21 heavy (non-hydrogen) atoms. The summed E-state index contributed by atoms with van der Waals surface area (Å²) in [7, 11) is 1.53. The Morgan fingerprint density at radius 2 is 2.05 bits per heavy atom. The first-order valence-corrected chi connectivity index (χ1v) is 6.75. The Hall–Kier alpha value is -2.14. The van der Waals surface area contributed by atoms with Crippen molar-refractivity contribution in [3.63, 3.8) is 0 Å². The summed E-state index contributed by atoms with van der Waals surface area (Å²) in [5.74, 6) is -0.748. The number of benzene rings is 2. The number of hydrogen-bond donors (Lipinski definition) is 0. The van der Waals surface area contributed by atoms with Gasteiger partial charge < -0.3 is 4.74 Å². The lowest BCUT2D eigenvalue weighted by molar-refractivity contribution is 0.415. The van der Waals surface area contributed by atoms with E-state index in [2.05, 4.69) is 4.98 Å². The zero-order valence-electron chi connectivity index (χ0n) is 11.1. The molecule has 0 aliphatic heterocycles. The van der Waals surface area contributed by atoms with Crippen LogP contribution >= 0.6 is 11.6 Å². The largest absolute Gasteiger partial charge is 0.497 e. The SMILES string of the molecule is COc1ccc2nc(CCl)n(-c3cccc(F)c3F)c2c1. The van der Waals surface area contributed by atoms with Crippen LogP contribution in [0.3, 0.4) is 0 Å². The number of alkyl halides is 1. The van der Waals surface area contributed by atoms with Gasteiger partial charge in [-0.1, -0.05) is 6.07 Å². The zero-order valence-corrected chi connectivity index (χ0v) is 11.9. The van der Waals surface area contributed by atoms with E-state index < -0.39 is 11.6 Å².